The zero-order valence-corrected chi connectivity index (χ0v) is 20.3. The number of amides is 2. The second-order valence-corrected chi connectivity index (χ2v) is 8.44. The first-order valence-electron chi connectivity index (χ1n) is 11.1. The largest absolute Gasteiger partial charge is 0.479 e. The Labute approximate surface area is 205 Å². The Kier molecular flexibility index (Phi) is 8.04. The van der Waals surface area contributed by atoms with Gasteiger partial charge in [-0.05, 0) is 18.4 Å². The molecule has 3 rings (SSSR count). The van der Waals surface area contributed by atoms with Gasteiger partial charge in [-0.3, -0.25) is 24.5 Å². The van der Waals surface area contributed by atoms with Crippen LogP contribution in [0, 0.1) is 5.92 Å². The van der Waals surface area contributed by atoms with Crippen LogP contribution in [0.4, 0.5) is 10.7 Å². The molecule has 13 nitrogen and oxygen atoms in total. The first kappa shape index (κ1) is 26.3. The molecule has 36 heavy (non-hydrogen) atoms. The molecule has 2 aromatic heterocycles. The van der Waals surface area contributed by atoms with E-state index in [0.717, 1.165) is 5.56 Å². The van der Waals surface area contributed by atoms with Crippen molar-refractivity contribution in [1.82, 2.24) is 24.8 Å². The summed E-state index contributed by atoms with van der Waals surface area (Å²) in [6.07, 6.45) is -0.656. The Hall–Kier alpha value is -4.26. The van der Waals surface area contributed by atoms with Crippen molar-refractivity contribution in [3.63, 3.8) is 0 Å². The van der Waals surface area contributed by atoms with Gasteiger partial charge in [0.1, 0.15) is 13.3 Å². The van der Waals surface area contributed by atoms with Crippen molar-refractivity contribution in [2.75, 3.05) is 5.32 Å². The van der Waals surface area contributed by atoms with E-state index in [-0.39, 0.29) is 30.4 Å². The zero-order valence-electron chi connectivity index (χ0n) is 20.3. The Bertz CT molecular complexity index is 1300. The topological polar surface area (TPSA) is 178 Å². The monoisotopic (exact) mass is 500 g/mol. The predicted octanol–water partition coefficient (Wildman–Crippen LogP) is 1.85. The van der Waals surface area contributed by atoms with Gasteiger partial charge in [-0.15, -0.1) is 0 Å². The molecule has 0 bridgehead atoms. The van der Waals surface area contributed by atoms with Gasteiger partial charge in [0.05, 0.1) is 12.4 Å². The number of hydrogen-bond acceptors (Lipinski definition) is 8. The number of nitrogens with one attached hydrogen (secondary N) is 3. The maximum Gasteiger partial charge on any atom is 0.408 e. The Morgan fingerprint density at radius 2 is 1.89 bits per heavy atom. The lowest BCUT2D eigenvalue weighted by atomic mass is 9.81. The number of fused-ring (bicyclic) bond motifs is 1. The second kappa shape index (κ2) is 11.0. The molecule has 0 fully saturated rings. The molecule has 2 amide bonds. The third-order valence-electron chi connectivity index (χ3n) is 5.66. The number of nitrogens with zero attached hydrogens (tertiary/aromatic N) is 3. The van der Waals surface area contributed by atoms with Crippen LogP contribution in [0.3, 0.4) is 0 Å². The van der Waals surface area contributed by atoms with E-state index in [0.29, 0.717) is 0 Å². The summed E-state index contributed by atoms with van der Waals surface area (Å²) in [5, 5.41) is 15.0. The third-order valence-corrected chi connectivity index (χ3v) is 5.66. The number of carbonyl (C=O) groups is 3. The number of benzene rings is 1. The van der Waals surface area contributed by atoms with Crippen molar-refractivity contribution < 1.29 is 29.0 Å². The normalized spacial score (nSPS) is 13.7. The number of hydrogen-bond donors (Lipinski definition) is 4. The van der Waals surface area contributed by atoms with E-state index >= 15 is 0 Å². The molecule has 0 spiro atoms. The van der Waals surface area contributed by atoms with E-state index in [4.69, 9.17) is 9.47 Å². The lowest BCUT2D eigenvalue weighted by Crippen LogP contribution is -2.65. The van der Waals surface area contributed by atoms with Crippen molar-refractivity contribution in [2.24, 2.45) is 5.92 Å². The number of imidazole rings is 1. The smallest absolute Gasteiger partial charge is 0.408 e. The maximum atomic E-state index is 12.6. The Morgan fingerprint density at radius 1 is 1.19 bits per heavy atom. The van der Waals surface area contributed by atoms with Crippen molar-refractivity contribution in [2.45, 2.75) is 52.7 Å². The number of aromatic nitrogens is 4. The number of anilines is 1. The molecule has 0 aliphatic rings. The highest BCUT2D eigenvalue weighted by Gasteiger charge is 2.49. The quantitative estimate of drug-likeness (QED) is 0.323. The number of carboxylic acids is 1. The highest BCUT2D eigenvalue weighted by molar-refractivity contribution is 5.87. The van der Waals surface area contributed by atoms with Crippen molar-refractivity contribution in [3.05, 3.63) is 52.6 Å². The fraction of sp³-hybridized carbons (Fsp3) is 0.391. The maximum absolute atomic E-state index is 12.6. The molecular weight excluding hydrogens is 472 g/mol. The summed E-state index contributed by atoms with van der Waals surface area (Å²) in [5.41, 5.74) is -1.53. The van der Waals surface area contributed by atoms with Crippen molar-refractivity contribution in [3.8, 4) is 0 Å². The van der Waals surface area contributed by atoms with Crippen LogP contribution in [0.2, 0.25) is 0 Å². The number of carbonyl (C=O) groups excluding carboxylic acids is 2. The molecule has 0 saturated carbocycles. The molecule has 2 heterocycles. The fourth-order valence-electron chi connectivity index (χ4n) is 3.72. The van der Waals surface area contributed by atoms with Crippen molar-refractivity contribution in [1.29, 1.82) is 0 Å². The summed E-state index contributed by atoms with van der Waals surface area (Å²) < 4.78 is 12.5. The van der Waals surface area contributed by atoms with Gasteiger partial charge in [0.15, 0.2) is 16.7 Å². The molecule has 13 heteroatoms. The van der Waals surface area contributed by atoms with Crippen LogP contribution in [0.15, 0.2) is 41.5 Å². The molecule has 4 N–H and O–H groups in total. The molecule has 0 saturated heterocycles. The molecule has 3 aromatic rings. The summed E-state index contributed by atoms with van der Waals surface area (Å²) in [7, 11) is 0. The van der Waals surface area contributed by atoms with Crippen molar-refractivity contribution >= 4 is 35.1 Å². The van der Waals surface area contributed by atoms with Crippen LogP contribution in [-0.4, -0.2) is 54.2 Å². The third kappa shape index (κ3) is 5.68. The van der Waals surface area contributed by atoms with Gasteiger partial charge in [0.25, 0.3) is 5.56 Å². The first-order chi connectivity index (χ1) is 17.0. The van der Waals surface area contributed by atoms with E-state index in [1.54, 1.807) is 38.1 Å². The standard InChI is InChI=1S/C23H28N6O7/c1-13(2)23(20(32)33,28-22(34)35-10-16-8-6-5-7-9-16)14(3)36-12-29-11-24-17-18(29)26-21(25-15(4)30)27-19(17)31/h5-9,11,13-14H,10,12H2,1-4H3,(H,28,34)(H,32,33)(H2,25,26,27,30,31)/t14?,23-/m1/s1. The molecule has 192 valence electrons. The molecule has 1 unspecified atom stereocenters. The number of aliphatic carboxylic acids is 1. The van der Waals surface area contributed by atoms with Gasteiger partial charge in [-0.25, -0.2) is 14.6 Å². The highest BCUT2D eigenvalue weighted by atomic mass is 16.6. The van der Waals surface area contributed by atoms with Crippen LogP contribution in [0.1, 0.15) is 33.3 Å². The van der Waals surface area contributed by atoms with Crippen LogP contribution < -0.4 is 16.2 Å². The number of alkyl carbamates (subject to hydrolysis) is 1. The number of H-pyrrole nitrogens is 1. The average Bonchev–Trinajstić information content (AvgIpc) is 3.22. The minimum Gasteiger partial charge on any atom is -0.479 e. The molecule has 0 aliphatic carbocycles. The number of rotatable bonds is 10. The predicted molar refractivity (Wildman–Crippen MR) is 128 cm³/mol. The average molecular weight is 501 g/mol. The van der Waals surface area contributed by atoms with Crippen LogP contribution in [0.5, 0.6) is 0 Å². The number of carboxylic acid groups (broad SMARTS) is 1. The van der Waals surface area contributed by atoms with E-state index in [9.17, 15) is 24.3 Å². The number of aromatic amines is 1. The summed E-state index contributed by atoms with van der Waals surface area (Å²) in [4.78, 5) is 59.2. The van der Waals surface area contributed by atoms with E-state index in [1.165, 1.54) is 24.7 Å². The van der Waals surface area contributed by atoms with Gasteiger partial charge < -0.3 is 19.9 Å². The minimum absolute atomic E-state index is 0.0105. The van der Waals surface area contributed by atoms with Gasteiger partial charge in [-0.1, -0.05) is 44.2 Å². The summed E-state index contributed by atoms with van der Waals surface area (Å²) in [6.45, 7) is 5.77. The fourth-order valence-corrected chi connectivity index (χ4v) is 3.72. The van der Waals surface area contributed by atoms with Gasteiger partial charge in [0, 0.05) is 6.92 Å². The van der Waals surface area contributed by atoms with Crippen LogP contribution >= 0.6 is 0 Å². The molecule has 0 radical (unpaired) electrons. The van der Waals surface area contributed by atoms with Gasteiger partial charge in [-0.2, -0.15) is 4.98 Å². The molecule has 0 aliphatic heterocycles. The summed E-state index contributed by atoms with van der Waals surface area (Å²) >= 11 is 0. The minimum atomic E-state index is -1.84. The molecule has 2 atom stereocenters. The zero-order chi connectivity index (χ0) is 26.5. The highest BCUT2D eigenvalue weighted by Crippen LogP contribution is 2.26. The SMILES string of the molecule is CC(=O)Nc1nc2c(ncn2COC(C)[C@@](NC(=O)OCc2ccccc2)(C(=O)O)C(C)C)c(=O)[nH]1. The van der Waals surface area contributed by atoms with Gasteiger partial charge >= 0.3 is 12.1 Å². The van der Waals surface area contributed by atoms with Crippen LogP contribution in [0.25, 0.3) is 11.2 Å². The number of ether oxygens (including phenoxy) is 2. The second-order valence-electron chi connectivity index (χ2n) is 8.44. The molecular formula is C23H28N6O7. The van der Waals surface area contributed by atoms with Crippen LogP contribution in [-0.2, 0) is 32.4 Å². The van der Waals surface area contributed by atoms with E-state index in [1.807, 2.05) is 6.07 Å². The van der Waals surface area contributed by atoms with E-state index < -0.39 is 41.1 Å². The molecule has 1 aromatic carbocycles. The van der Waals surface area contributed by atoms with Gasteiger partial charge in [0.2, 0.25) is 11.9 Å². The summed E-state index contributed by atoms with van der Waals surface area (Å²) in [5.74, 6) is -2.40. The first-order valence-corrected chi connectivity index (χ1v) is 11.1. The lowest BCUT2D eigenvalue weighted by Gasteiger charge is -2.38. The van der Waals surface area contributed by atoms with E-state index in [2.05, 4.69) is 25.6 Å². The lowest BCUT2D eigenvalue weighted by molar-refractivity contribution is -0.157. The summed E-state index contributed by atoms with van der Waals surface area (Å²) in [6, 6.07) is 8.97. The Balaban J connectivity index is 1.78. The Morgan fingerprint density at radius 3 is 2.50 bits per heavy atom.